The molecule has 6 nitrogen and oxygen atoms in total. The number of ether oxygens (including phenoxy) is 2. The van der Waals surface area contributed by atoms with Crippen molar-refractivity contribution in [2.45, 2.75) is 19.4 Å². The zero-order valence-electron chi connectivity index (χ0n) is 13.7. The maximum atomic E-state index is 12.0. The second-order valence-corrected chi connectivity index (χ2v) is 5.12. The van der Waals surface area contributed by atoms with E-state index in [9.17, 15) is 9.59 Å². The van der Waals surface area contributed by atoms with Crippen LogP contribution in [0.5, 0.6) is 5.75 Å². The van der Waals surface area contributed by atoms with Crippen LogP contribution in [0.4, 0.5) is 0 Å². The van der Waals surface area contributed by atoms with Crippen molar-refractivity contribution in [1.29, 1.82) is 0 Å². The van der Waals surface area contributed by atoms with E-state index in [4.69, 9.17) is 4.74 Å². The number of rotatable bonds is 7. The third-order valence-corrected chi connectivity index (χ3v) is 3.52. The number of pyridine rings is 1. The van der Waals surface area contributed by atoms with E-state index in [1.165, 1.54) is 13.3 Å². The second-order valence-electron chi connectivity index (χ2n) is 5.12. The Bertz CT molecular complexity index is 716. The van der Waals surface area contributed by atoms with Gasteiger partial charge >= 0.3 is 5.97 Å². The largest absolute Gasteiger partial charge is 0.496 e. The highest BCUT2D eigenvalue weighted by atomic mass is 16.5. The molecule has 0 saturated carbocycles. The van der Waals surface area contributed by atoms with Crippen molar-refractivity contribution in [1.82, 2.24) is 10.3 Å². The maximum Gasteiger partial charge on any atom is 0.337 e. The van der Waals surface area contributed by atoms with Gasteiger partial charge in [-0.3, -0.25) is 9.78 Å². The average Bonchev–Trinajstić information content (AvgIpc) is 2.64. The molecule has 0 aliphatic rings. The molecule has 2 aromatic rings. The Labute approximate surface area is 140 Å². The summed E-state index contributed by atoms with van der Waals surface area (Å²) in [5.41, 5.74) is 2.00. The minimum Gasteiger partial charge on any atom is -0.496 e. The van der Waals surface area contributed by atoms with Gasteiger partial charge in [-0.25, -0.2) is 4.79 Å². The van der Waals surface area contributed by atoms with E-state index in [1.54, 1.807) is 19.2 Å². The lowest BCUT2D eigenvalue weighted by Crippen LogP contribution is -2.23. The van der Waals surface area contributed by atoms with Gasteiger partial charge in [0.1, 0.15) is 5.75 Å². The van der Waals surface area contributed by atoms with Crippen molar-refractivity contribution in [2.75, 3.05) is 14.2 Å². The number of esters is 1. The number of nitrogens with one attached hydrogen (secondary N) is 1. The molecule has 0 radical (unpaired) electrons. The van der Waals surface area contributed by atoms with E-state index in [2.05, 4.69) is 15.0 Å². The summed E-state index contributed by atoms with van der Waals surface area (Å²) in [6, 6.07) is 10.8. The summed E-state index contributed by atoms with van der Waals surface area (Å²) in [7, 11) is 2.93. The van der Waals surface area contributed by atoms with Gasteiger partial charge in [0.15, 0.2) is 0 Å². The maximum absolute atomic E-state index is 12.0. The third kappa shape index (κ3) is 4.81. The number of aromatic nitrogens is 1. The number of aryl methyl sites for hydroxylation is 1. The fourth-order valence-electron chi connectivity index (χ4n) is 2.25. The quantitative estimate of drug-likeness (QED) is 0.788. The molecule has 0 spiro atoms. The van der Waals surface area contributed by atoms with E-state index in [0.717, 1.165) is 11.3 Å². The van der Waals surface area contributed by atoms with Crippen molar-refractivity contribution >= 4 is 11.9 Å². The highest BCUT2D eigenvalue weighted by Crippen LogP contribution is 2.18. The van der Waals surface area contributed by atoms with Crippen LogP contribution in [0.25, 0.3) is 0 Å². The van der Waals surface area contributed by atoms with Crippen molar-refractivity contribution < 1.29 is 19.1 Å². The predicted octanol–water partition coefficient (Wildman–Crippen LogP) is 2.13. The smallest absolute Gasteiger partial charge is 0.337 e. The first-order chi connectivity index (χ1) is 11.6. The zero-order valence-corrected chi connectivity index (χ0v) is 13.7. The van der Waals surface area contributed by atoms with E-state index >= 15 is 0 Å². The SMILES string of the molecule is COC(=O)c1ccnc(CNC(=O)CCc2ccccc2OC)c1. The number of benzene rings is 1. The number of para-hydroxylation sites is 1. The van der Waals surface area contributed by atoms with Gasteiger partial charge in [0.05, 0.1) is 32.0 Å². The molecule has 6 heteroatoms. The van der Waals surface area contributed by atoms with Crippen molar-refractivity contribution in [3.8, 4) is 5.75 Å². The van der Waals surface area contributed by atoms with E-state index in [0.29, 0.717) is 24.1 Å². The van der Waals surface area contributed by atoms with Gasteiger partial charge in [-0.05, 0) is 30.2 Å². The Kier molecular flexibility index (Phi) is 6.31. The van der Waals surface area contributed by atoms with Crippen LogP contribution in [-0.2, 0) is 22.5 Å². The van der Waals surface area contributed by atoms with Gasteiger partial charge in [-0.15, -0.1) is 0 Å². The molecule has 1 heterocycles. The molecule has 0 atom stereocenters. The molecule has 0 saturated heterocycles. The first kappa shape index (κ1) is 17.5. The van der Waals surface area contributed by atoms with Gasteiger partial charge in [0.25, 0.3) is 0 Å². The first-order valence-electron chi connectivity index (χ1n) is 7.56. The third-order valence-electron chi connectivity index (χ3n) is 3.52. The van der Waals surface area contributed by atoms with Crippen LogP contribution in [-0.4, -0.2) is 31.1 Å². The molecule has 0 fully saturated rings. The van der Waals surface area contributed by atoms with Crippen LogP contribution in [0.1, 0.15) is 28.0 Å². The summed E-state index contributed by atoms with van der Waals surface area (Å²) < 4.78 is 9.93. The second kappa shape index (κ2) is 8.67. The van der Waals surface area contributed by atoms with Crippen LogP contribution >= 0.6 is 0 Å². The number of hydrogen-bond donors (Lipinski definition) is 1. The molecule has 0 unspecified atom stereocenters. The minimum absolute atomic E-state index is 0.0915. The highest BCUT2D eigenvalue weighted by molar-refractivity contribution is 5.89. The standard InChI is InChI=1S/C18H20N2O4/c1-23-16-6-4-3-5-13(16)7-8-17(21)20-12-15-11-14(9-10-19-15)18(22)24-2/h3-6,9-11H,7-8,12H2,1-2H3,(H,20,21). The predicted molar refractivity (Wildman–Crippen MR) is 88.7 cm³/mol. The summed E-state index contributed by atoms with van der Waals surface area (Å²) >= 11 is 0. The molecule has 0 bridgehead atoms. The van der Waals surface area contributed by atoms with Crippen LogP contribution < -0.4 is 10.1 Å². The number of carbonyl (C=O) groups is 2. The molecule has 0 aliphatic heterocycles. The van der Waals surface area contributed by atoms with Crippen LogP contribution in [0, 0.1) is 0 Å². The number of carbonyl (C=O) groups excluding carboxylic acids is 2. The van der Waals surface area contributed by atoms with Crippen molar-refractivity contribution in [3.63, 3.8) is 0 Å². The van der Waals surface area contributed by atoms with Crippen LogP contribution in [0.15, 0.2) is 42.6 Å². The van der Waals surface area contributed by atoms with Gasteiger partial charge in [-0.1, -0.05) is 18.2 Å². The van der Waals surface area contributed by atoms with Crippen molar-refractivity contribution in [2.24, 2.45) is 0 Å². The monoisotopic (exact) mass is 328 g/mol. The lowest BCUT2D eigenvalue weighted by atomic mass is 10.1. The summed E-state index contributed by atoms with van der Waals surface area (Å²) in [5.74, 6) is 0.255. The summed E-state index contributed by atoms with van der Waals surface area (Å²) in [4.78, 5) is 27.6. The molecule has 1 aromatic carbocycles. The number of methoxy groups -OCH3 is 2. The van der Waals surface area contributed by atoms with Gasteiger partial charge < -0.3 is 14.8 Å². The van der Waals surface area contributed by atoms with E-state index in [1.807, 2.05) is 24.3 Å². The van der Waals surface area contributed by atoms with Gasteiger partial charge in [0.2, 0.25) is 5.91 Å². The number of amides is 1. The lowest BCUT2D eigenvalue weighted by molar-refractivity contribution is -0.121. The normalized spacial score (nSPS) is 10.1. The van der Waals surface area contributed by atoms with E-state index in [-0.39, 0.29) is 12.5 Å². The molecule has 1 N–H and O–H groups in total. The summed E-state index contributed by atoms with van der Waals surface area (Å²) in [5, 5.41) is 2.80. The lowest BCUT2D eigenvalue weighted by Gasteiger charge is -2.09. The first-order valence-corrected chi connectivity index (χ1v) is 7.56. The van der Waals surface area contributed by atoms with E-state index < -0.39 is 5.97 Å². The molecule has 1 aromatic heterocycles. The van der Waals surface area contributed by atoms with Crippen LogP contribution in [0.3, 0.4) is 0 Å². The molecule has 126 valence electrons. The molecule has 24 heavy (non-hydrogen) atoms. The number of hydrogen-bond acceptors (Lipinski definition) is 5. The molecule has 1 amide bonds. The molecule has 2 rings (SSSR count). The Balaban J connectivity index is 1.86. The fraction of sp³-hybridized carbons (Fsp3) is 0.278. The Hall–Kier alpha value is -2.89. The zero-order chi connectivity index (χ0) is 17.4. The molecular weight excluding hydrogens is 308 g/mol. The van der Waals surface area contributed by atoms with Crippen LogP contribution in [0.2, 0.25) is 0 Å². The summed E-state index contributed by atoms with van der Waals surface area (Å²) in [6.45, 7) is 0.260. The highest BCUT2D eigenvalue weighted by Gasteiger charge is 2.09. The average molecular weight is 328 g/mol. The Morgan fingerprint density at radius 1 is 1.17 bits per heavy atom. The topological polar surface area (TPSA) is 77.5 Å². The summed E-state index contributed by atoms with van der Waals surface area (Å²) in [6.07, 6.45) is 2.45. The van der Waals surface area contributed by atoms with Crippen molar-refractivity contribution in [3.05, 3.63) is 59.4 Å². The molecular formula is C18H20N2O4. The Morgan fingerprint density at radius 2 is 1.96 bits per heavy atom. The molecule has 0 aliphatic carbocycles. The van der Waals surface area contributed by atoms with Gasteiger partial charge in [-0.2, -0.15) is 0 Å². The van der Waals surface area contributed by atoms with Gasteiger partial charge in [0, 0.05) is 12.6 Å². The Morgan fingerprint density at radius 3 is 2.71 bits per heavy atom. The minimum atomic E-state index is -0.429. The fourth-order valence-corrected chi connectivity index (χ4v) is 2.25. The number of nitrogens with zero attached hydrogens (tertiary/aromatic N) is 1.